The number of rotatable bonds is 5. The molecule has 0 aliphatic carbocycles. The molecule has 0 aromatic heterocycles. The van der Waals surface area contributed by atoms with Crippen LogP contribution in [0.3, 0.4) is 0 Å². The fourth-order valence-electron chi connectivity index (χ4n) is 1.36. The van der Waals surface area contributed by atoms with Gasteiger partial charge in [0.2, 0.25) is 0 Å². The quantitative estimate of drug-likeness (QED) is 0.628. The first-order valence-corrected chi connectivity index (χ1v) is 4.83. The summed E-state index contributed by atoms with van der Waals surface area (Å²) in [7, 11) is 0. The van der Waals surface area contributed by atoms with E-state index in [2.05, 4.69) is 26.8 Å². The van der Waals surface area contributed by atoms with E-state index in [-0.39, 0.29) is 6.10 Å². The first kappa shape index (κ1) is 11.7. The van der Waals surface area contributed by atoms with Crippen LogP contribution in [0.5, 0.6) is 0 Å². The predicted molar refractivity (Wildman–Crippen MR) is 54.1 cm³/mol. The van der Waals surface area contributed by atoms with Crippen molar-refractivity contribution in [3.05, 3.63) is 11.6 Å². The Labute approximate surface area is 76.5 Å². The summed E-state index contributed by atoms with van der Waals surface area (Å²) in [5.41, 5.74) is 1.39. The van der Waals surface area contributed by atoms with Crippen LogP contribution in [-0.2, 0) is 0 Å². The lowest BCUT2D eigenvalue weighted by Crippen LogP contribution is -2.06. The van der Waals surface area contributed by atoms with Gasteiger partial charge in [0.15, 0.2) is 0 Å². The third-order valence-electron chi connectivity index (χ3n) is 1.96. The van der Waals surface area contributed by atoms with Crippen LogP contribution in [0.2, 0.25) is 0 Å². The Hall–Kier alpha value is -0.300. The molecule has 0 saturated carbocycles. The zero-order valence-corrected chi connectivity index (χ0v) is 8.80. The second-order valence-electron chi connectivity index (χ2n) is 4.05. The molecule has 0 aliphatic rings. The third kappa shape index (κ3) is 7.80. The van der Waals surface area contributed by atoms with Crippen LogP contribution in [0.1, 0.15) is 47.0 Å². The monoisotopic (exact) mass is 170 g/mol. The van der Waals surface area contributed by atoms with Gasteiger partial charge in [-0.3, -0.25) is 0 Å². The van der Waals surface area contributed by atoms with E-state index in [1.54, 1.807) is 0 Å². The summed E-state index contributed by atoms with van der Waals surface area (Å²) in [4.78, 5) is 0. The van der Waals surface area contributed by atoms with Crippen molar-refractivity contribution >= 4 is 0 Å². The van der Waals surface area contributed by atoms with Gasteiger partial charge in [0.1, 0.15) is 0 Å². The van der Waals surface area contributed by atoms with Crippen LogP contribution in [0, 0.1) is 5.92 Å². The Balaban J connectivity index is 3.44. The van der Waals surface area contributed by atoms with Crippen LogP contribution in [-0.4, -0.2) is 11.2 Å². The minimum Gasteiger partial charge on any atom is -0.393 e. The topological polar surface area (TPSA) is 20.2 Å². The Morgan fingerprint density at radius 2 is 1.92 bits per heavy atom. The number of allylic oxidation sites excluding steroid dienone is 2. The van der Waals surface area contributed by atoms with Crippen molar-refractivity contribution in [3.63, 3.8) is 0 Å². The number of hydrogen-bond donors (Lipinski definition) is 1. The molecule has 0 amide bonds. The summed E-state index contributed by atoms with van der Waals surface area (Å²) >= 11 is 0. The van der Waals surface area contributed by atoms with Crippen molar-refractivity contribution in [2.75, 3.05) is 0 Å². The van der Waals surface area contributed by atoms with Crippen molar-refractivity contribution in [2.24, 2.45) is 5.92 Å². The normalized spacial score (nSPS) is 15.4. The Morgan fingerprint density at radius 1 is 1.33 bits per heavy atom. The molecule has 12 heavy (non-hydrogen) atoms. The lowest BCUT2D eigenvalue weighted by molar-refractivity contribution is 0.162. The lowest BCUT2D eigenvalue weighted by Gasteiger charge is -2.11. The molecule has 72 valence electrons. The van der Waals surface area contributed by atoms with E-state index in [1.807, 2.05) is 6.92 Å². The van der Waals surface area contributed by atoms with Crippen LogP contribution >= 0.6 is 0 Å². The molecule has 0 aliphatic heterocycles. The largest absolute Gasteiger partial charge is 0.393 e. The van der Waals surface area contributed by atoms with Gasteiger partial charge in [-0.1, -0.05) is 18.6 Å². The first-order valence-electron chi connectivity index (χ1n) is 4.83. The van der Waals surface area contributed by atoms with Gasteiger partial charge in [0.05, 0.1) is 6.10 Å². The standard InChI is InChI=1S/C11H22O/c1-9(2)6-5-7-10(3)8-11(4)12/h6,10-12H,5,7-8H2,1-4H3. The molecule has 0 aromatic rings. The highest BCUT2D eigenvalue weighted by Crippen LogP contribution is 2.13. The predicted octanol–water partition coefficient (Wildman–Crippen LogP) is 3.14. The molecule has 0 heterocycles. The molecular weight excluding hydrogens is 148 g/mol. The van der Waals surface area contributed by atoms with Crippen molar-refractivity contribution in [1.29, 1.82) is 0 Å². The van der Waals surface area contributed by atoms with Gasteiger partial charge in [-0.25, -0.2) is 0 Å². The second kappa shape index (κ2) is 6.24. The smallest absolute Gasteiger partial charge is 0.0514 e. The van der Waals surface area contributed by atoms with Gasteiger partial charge in [-0.2, -0.15) is 0 Å². The van der Waals surface area contributed by atoms with Crippen molar-refractivity contribution in [3.8, 4) is 0 Å². The maximum Gasteiger partial charge on any atom is 0.0514 e. The molecule has 0 bridgehead atoms. The van der Waals surface area contributed by atoms with E-state index in [1.165, 1.54) is 12.0 Å². The third-order valence-corrected chi connectivity index (χ3v) is 1.96. The Morgan fingerprint density at radius 3 is 2.33 bits per heavy atom. The van der Waals surface area contributed by atoms with E-state index < -0.39 is 0 Å². The first-order chi connectivity index (χ1) is 5.52. The molecule has 0 radical (unpaired) electrons. The highest BCUT2D eigenvalue weighted by atomic mass is 16.3. The summed E-state index contributed by atoms with van der Waals surface area (Å²) in [6.07, 6.45) is 5.38. The summed E-state index contributed by atoms with van der Waals surface area (Å²) in [5.74, 6) is 0.639. The number of aliphatic hydroxyl groups excluding tert-OH is 1. The zero-order valence-electron chi connectivity index (χ0n) is 8.80. The average Bonchev–Trinajstić information content (AvgIpc) is 1.84. The molecule has 1 N–H and O–H groups in total. The van der Waals surface area contributed by atoms with Crippen LogP contribution in [0.25, 0.3) is 0 Å². The zero-order chi connectivity index (χ0) is 9.56. The molecule has 0 spiro atoms. The second-order valence-corrected chi connectivity index (χ2v) is 4.05. The van der Waals surface area contributed by atoms with Crippen molar-refractivity contribution in [2.45, 2.75) is 53.1 Å². The summed E-state index contributed by atoms with van der Waals surface area (Å²) in [5, 5.41) is 9.12. The molecule has 0 fully saturated rings. The lowest BCUT2D eigenvalue weighted by atomic mass is 9.98. The average molecular weight is 170 g/mol. The van der Waals surface area contributed by atoms with Crippen molar-refractivity contribution < 1.29 is 5.11 Å². The molecule has 1 heteroatoms. The number of aliphatic hydroxyl groups is 1. The fourth-order valence-corrected chi connectivity index (χ4v) is 1.36. The maximum absolute atomic E-state index is 9.12. The molecule has 2 atom stereocenters. The fraction of sp³-hybridized carbons (Fsp3) is 0.818. The summed E-state index contributed by atoms with van der Waals surface area (Å²) in [6, 6.07) is 0. The molecular formula is C11H22O. The van der Waals surface area contributed by atoms with Gasteiger partial charge >= 0.3 is 0 Å². The highest BCUT2D eigenvalue weighted by Gasteiger charge is 2.04. The van der Waals surface area contributed by atoms with E-state index in [0.717, 1.165) is 12.8 Å². The minimum absolute atomic E-state index is 0.147. The Kier molecular flexibility index (Phi) is 6.09. The summed E-state index contributed by atoms with van der Waals surface area (Å²) < 4.78 is 0. The molecule has 1 nitrogen and oxygen atoms in total. The number of hydrogen-bond acceptors (Lipinski definition) is 1. The van der Waals surface area contributed by atoms with Gasteiger partial charge in [0.25, 0.3) is 0 Å². The van der Waals surface area contributed by atoms with Crippen LogP contribution < -0.4 is 0 Å². The summed E-state index contributed by atoms with van der Waals surface area (Å²) in [6.45, 7) is 8.31. The van der Waals surface area contributed by atoms with E-state index in [0.29, 0.717) is 5.92 Å². The minimum atomic E-state index is -0.147. The molecule has 2 unspecified atom stereocenters. The van der Waals surface area contributed by atoms with Crippen LogP contribution in [0.15, 0.2) is 11.6 Å². The van der Waals surface area contributed by atoms with Gasteiger partial charge in [0, 0.05) is 0 Å². The van der Waals surface area contributed by atoms with Crippen LogP contribution in [0.4, 0.5) is 0 Å². The van der Waals surface area contributed by atoms with Crippen molar-refractivity contribution in [1.82, 2.24) is 0 Å². The van der Waals surface area contributed by atoms with Gasteiger partial charge in [-0.15, -0.1) is 0 Å². The van der Waals surface area contributed by atoms with E-state index >= 15 is 0 Å². The highest BCUT2D eigenvalue weighted by molar-refractivity contribution is 4.92. The van der Waals surface area contributed by atoms with E-state index in [4.69, 9.17) is 5.11 Å². The Bertz CT molecular complexity index is 132. The maximum atomic E-state index is 9.12. The SMILES string of the molecule is CC(C)=CCCC(C)CC(C)O. The van der Waals surface area contributed by atoms with Gasteiger partial charge < -0.3 is 5.11 Å². The van der Waals surface area contributed by atoms with E-state index in [9.17, 15) is 0 Å². The molecule has 0 aromatic carbocycles. The molecule has 0 rings (SSSR count). The van der Waals surface area contributed by atoms with Gasteiger partial charge in [-0.05, 0) is 46.0 Å². The molecule has 0 saturated heterocycles.